The number of halogens is 4. The average molecular weight is 266 g/mol. The summed E-state index contributed by atoms with van der Waals surface area (Å²) in [5.41, 5.74) is 3.10. The molecule has 0 aliphatic carbocycles. The number of nitrogens with two attached hydrogens (primary N) is 1. The van der Waals surface area contributed by atoms with E-state index in [0.29, 0.717) is 0 Å². The molecule has 7 heteroatoms. The Hall–Kier alpha value is -1.18. The van der Waals surface area contributed by atoms with Gasteiger partial charge in [0, 0.05) is 0 Å². The van der Waals surface area contributed by atoms with Crippen LogP contribution in [0.15, 0.2) is 30.3 Å². The minimum absolute atomic E-state index is 0.219. The van der Waals surface area contributed by atoms with Crippen molar-refractivity contribution in [2.45, 2.75) is 18.4 Å². The third-order valence-corrected chi connectivity index (χ3v) is 2.30. The zero-order valence-electron chi connectivity index (χ0n) is 9.45. The van der Waals surface area contributed by atoms with Crippen LogP contribution < -0.4 is 11.3 Å². The number of benzene rings is 1. The lowest BCUT2D eigenvalue weighted by molar-refractivity contribution is -0.167. The largest absolute Gasteiger partial charge is 0.373 e. The Morgan fingerprint density at radius 3 is 2.33 bits per heavy atom. The zero-order valence-corrected chi connectivity index (χ0v) is 9.45. The number of rotatable bonds is 7. The highest BCUT2D eigenvalue weighted by Gasteiger charge is 2.41. The summed E-state index contributed by atoms with van der Waals surface area (Å²) in [4.78, 5) is 0. The fourth-order valence-corrected chi connectivity index (χ4v) is 1.30. The molecule has 0 radical (unpaired) electrons. The molecule has 0 aliphatic heterocycles. The van der Waals surface area contributed by atoms with Crippen molar-refractivity contribution >= 4 is 0 Å². The quantitative estimate of drug-likeness (QED) is 0.451. The average Bonchev–Trinajstić information content (AvgIpc) is 2.35. The van der Waals surface area contributed by atoms with Crippen LogP contribution >= 0.6 is 0 Å². The SMILES string of the molecule is NNC(COCC(F)(F)C(F)F)c1ccccc1. The summed E-state index contributed by atoms with van der Waals surface area (Å²) in [6, 6.07) is 8.18. The lowest BCUT2D eigenvalue weighted by Gasteiger charge is -2.19. The molecule has 3 N–H and O–H groups in total. The Labute approximate surface area is 102 Å². The van der Waals surface area contributed by atoms with Crippen molar-refractivity contribution in [3.05, 3.63) is 35.9 Å². The number of alkyl halides is 4. The van der Waals surface area contributed by atoms with Gasteiger partial charge in [-0.1, -0.05) is 30.3 Å². The van der Waals surface area contributed by atoms with Gasteiger partial charge in [0.2, 0.25) is 0 Å². The highest BCUT2D eigenvalue weighted by molar-refractivity contribution is 5.18. The Kier molecular flexibility index (Phi) is 5.52. The lowest BCUT2D eigenvalue weighted by Crippen LogP contribution is -2.36. The van der Waals surface area contributed by atoms with E-state index in [-0.39, 0.29) is 6.61 Å². The molecular weight excluding hydrogens is 252 g/mol. The number of hydrogen-bond donors (Lipinski definition) is 2. The molecule has 0 aliphatic rings. The van der Waals surface area contributed by atoms with Crippen molar-refractivity contribution in [3.8, 4) is 0 Å². The molecule has 0 saturated carbocycles. The predicted molar refractivity (Wildman–Crippen MR) is 58.3 cm³/mol. The maximum absolute atomic E-state index is 12.6. The Bertz CT molecular complexity index is 348. The third kappa shape index (κ3) is 4.25. The third-order valence-electron chi connectivity index (χ3n) is 2.30. The van der Waals surface area contributed by atoms with E-state index in [9.17, 15) is 17.6 Å². The smallest absolute Gasteiger partial charge is 0.330 e. The van der Waals surface area contributed by atoms with Crippen molar-refractivity contribution in [1.29, 1.82) is 0 Å². The monoisotopic (exact) mass is 266 g/mol. The maximum atomic E-state index is 12.6. The van der Waals surface area contributed by atoms with E-state index in [2.05, 4.69) is 10.2 Å². The van der Waals surface area contributed by atoms with Gasteiger partial charge in [0.05, 0.1) is 12.6 Å². The molecule has 0 bridgehead atoms. The molecule has 1 aromatic rings. The summed E-state index contributed by atoms with van der Waals surface area (Å²) in [5.74, 6) is 1.11. The van der Waals surface area contributed by atoms with E-state index in [0.717, 1.165) is 5.56 Å². The van der Waals surface area contributed by atoms with Crippen LogP contribution in [0.1, 0.15) is 11.6 Å². The van der Waals surface area contributed by atoms with Crippen LogP contribution in [0.5, 0.6) is 0 Å². The summed E-state index contributed by atoms with van der Waals surface area (Å²) >= 11 is 0. The van der Waals surface area contributed by atoms with Crippen LogP contribution in [0.3, 0.4) is 0 Å². The molecule has 0 heterocycles. The van der Waals surface area contributed by atoms with Gasteiger partial charge in [-0.3, -0.25) is 11.3 Å². The summed E-state index contributed by atoms with van der Waals surface area (Å²) in [5, 5.41) is 0. The molecule has 0 spiro atoms. The number of hydrazine groups is 1. The van der Waals surface area contributed by atoms with Crippen molar-refractivity contribution < 1.29 is 22.3 Å². The molecule has 18 heavy (non-hydrogen) atoms. The molecule has 1 unspecified atom stereocenters. The molecule has 102 valence electrons. The van der Waals surface area contributed by atoms with Gasteiger partial charge in [-0.05, 0) is 5.56 Å². The topological polar surface area (TPSA) is 47.3 Å². The van der Waals surface area contributed by atoms with E-state index < -0.39 is 25.0 Å². The van der Waals surface area contributed by atoms with Crippen LogP contribution in [-0.4, -0.2) is 25.6 Å². The van der Waals surface area contributed by atoms with E-state index in [1.54, 1.807) is 30.3 Å². The van der Waals surface area contributed by atoms with Gasteiger partial charge in [0.25, 0.3) is 0 Å². The van der Waals surface area contributed by atoms with Gasteiger partial charge in [0.1, 0.15) is 6.61 Å². The van der Waals surface area contributed by atoms with Gasteiger partial charge >= 0.3 is 12.3 Å². The molecule has 0 saturated heterocycles. The minimum atomic E-state index is -4.14. The number of nitrogens with one attached hydrogen (secondary N) is 1. The Morgan fingerprint density at radius 1 is 1.22 bits per heavy atom. The molecule has 1 atom stereocenters. The summed E-state index contributed by atoms with van der Waals surface area (Å²) in [6.45, 7) is -1.56. The van der Waals surface area contributed by atoms with E-state index >= 15 is 0 Å². The highest BCUT2D eigenvalue weighted by Crippen LogP contribution is 2.23. The first-order valence-electron chi connectivity index (χ1n) is 5.22. The molecule has 1 aromatic carbocycles. The minimum Gasteiger partial charge on any atom is -0.373 e. The van der Waals surface area contributed by atoms with Gasteiger partial charge in [-0.15, -0.1) is 0 Å². The highest BCUT2D eigenvalue weighted by atomic mass is 19.3. The van der Waals surface area contributed by atoms with E-state index in [4.69, 9.17) is 5.84 Å². The van der Waals surface area contributed by atoms with Crippen molar-refractivity contribution in [2.75, 3.05) is 13.2 Å². The van der Waals surface area contributed by atoms with Gasteiger partial charge in [0.15, 0.2) is 0 Å². The Morgan fingerprint density at radius 2 is 1.83 bits per heavy atom. The lowest BCUT2D eigenvalue weighted by atomic mass is 10.1. The second-order valence-electron chi connectivity index (χ2n) is 3.71. The van der Waals surface area contributed by atoms with Crippen molar-refractivity contribution in [1.82, 2.24) is 5.43 Å². The van der Waals surface area contributed by atoms with Crippen LogP contribution in [0.2, 0.25) is 0 Å². The normalized spacial score (nSPS) is 13.9. The fraction of sp³-hybridized carbons (Fsp3) is 0.455. The number of hydrogen-bond acceptors (Lipinski definition) is 3. The zero-order chi connectivity index (χ0) is 13.6. The molecule has 0 aromatic heterocycles. The number of ether oxygens (including phenoxy) is 1. The van der Waals surface area contributed by atoms with Gasteiger partial charge < -0.3 is 4.74 Å². The summed E-state index contributed by atoms with van der Waals surface area (Å²) < 4.78 is 53.5. The molecular formula is C11H14F4N2O. The first-order chi connectivity index (χ1) is 8.47. The summed E-state index contributed by atoms with van der Waals surface area (Å²) in [6.07, 6.45) is -3.74. The van der Waals surface area contributed by atoms with Crippen LogP contribution in [0.4, 0.5) is 17.6 Å². The molecule has 0 amide bonds. The maximum Gasteiger partial charge on any atom is 0.330 e. The van der Waals surface area contributed by atoms with E-state index in [1.807, 2.05) is 0 Å². The first kappa shape index (κ1) is 14.9. The molecule has 1 rings (SSSR count). The molecule has 3 nitrogen and oxygen atoms in total. The first-order valence-corrected chi connectivity index (χ1v) is 5.22. The second kappa shape index (κ2) is 6.67. The fourth-order valence-electron chi connectivity index (χ4n) is 1.30. The standard InChI is InChI=1S/C11H14F4N2O/c12-10(13)11(14,15)7-18-6-9(17-16)8-4-2-1-3-5-8/h1-5,9-10,17H,6-7,16H2. The van der Waals surface area contributed by atoms with Crippen molar-refractivity contribution in [3.63, 3.8) is 0 Å². The van der Waals surface area contributed by atoms with Crippen LogP contribution in [-0.2, 0) is 4.74 Å². The van der Waals surface area contributed by atoms with Gasteiger partial charge in [-0.2, -0.15) is 8.78 Å². The second-order valence-corrected chi connectivity index (χ2v) is 3.71. The van der Waals surface area contributed by atoms with E-state index in [1.165, 1.54) is 0 Å². The Balaban J connectivity index is 2.47. The van der Waals surface area contributed by atoms with Crippen LogP contribution in [0, 0.1) is 0 Å². The van der Waals surface area contributed by atoms with Crippen molar-refractivity contribution in [2.24, 2.45) is 5.84 Å². The summed E-state index contributed by atoms with van der Waals surface area (Å²) in [7, 11) is 0. The van der Waals surface area contributed by atoms with Gasteiger partial charge in [-0.25, -0.2) is 8.78 Å². The predicted octanol–water partition coefficient (Wildman–Crippen LogP) is 2.11. The molecule has 0 fully saturated rings. The van der Waals surface area contributed by atoms with Crippen LogP contribution in [0.25, 0.3) is 0 Å².